The second-order valence-corrected chi connectivity index (χ2v) is 7.09. The average molecular weight is 289 g/mol. The Bertz CT molecular complexity index is 516. The molecule has 0 N–H and O–H groups in total. The summed E-state index contributed by atoms with van der Waals surface area (Å²) in [4.78, 5) is 14.6. The van der Waals surface area contributed by atoms with Crippen LogP contribution in [0, 0.1) is 13.8 Å². The van der Waals surface area contributed by atoms with Crippen molar-refractivity contribution in [3.8, 4) is 0 Å². The first-order valence-corrected chi connectivity index (χ1v) is 7.79. The lowest BCUT2D eigenvalue weighted by Crippen LogP contribution is -2.40. The minimum atomic E-state index is -0.412. The molecule has 21 heavy (non-hydrogen) atoms. The van der Waals surface area contributed by atoms with Crippen molar-refractivity contribution >= 4 is 5.97 Å². The van der Waals surface area contributed by atoms with Gasteiger partial charge in [0.05, 0.1) is 0 Å². The predicted molar refractivity (Wildman–Crippen MR) is 85.2 cm³/mol. The summed E-state index contributed by atoms with van der Waals surface area (Å²) in [5.41, 5.74) is 3.45. The number of nitrogens with zero attached hydrogens (tertiary/aromatic N) is 1. The number of hydrogen-bond acceptors (Lipinski definition) is 3. The van der Waals surface area contributed by atoms with E-state index in [9.17, 15) is 4.79 Å². The molecule has 1 heterocycles. The van der Waals surface area contributed by atoms with Crippen LogP contribution in [0.25, 0.3) is 0 Å². The van der Waals surface area contributed by atoms with Gasteiger partial charge in [0.2, 0.25) is 0 Å². The molecule has 116 valence electrons. The smallest absolute Gasteiger partial charge is 0.323 e. The Morgan fingerprint density at radius 3 is 2.71 bits per heavy atom. The van der Waals surface area contributed by atoms with Crippen molar-refractivity contribution in [3.05, 3.63) is 34.9 Å². The summed E-state index contributed by atoms with van der Waals surface area (Å²) in [6, 6.07) is 6.42. The Morgan fingerprint density at radius 2 is 2.05 bits per heavy atom. The molecule has 0 bridgehead atoms. The number of carbonyl (C=O) groups is 1. The molecule has 1 aliphatic heterocycles. The molecule has 0 saturated carbocycles. The number of hydrogen-bond donors (Lipinski definition) is 0. The first-order chi connectivity index (χ1) is 9.76. The fourth-order valence-corrected chi connectivity index (χ4v) is 2.84. The van der Waals surface area contributed by atoms with Gasteiger partial charge in [0.15, 0.2) is 0 Å². The predicted octanol–water partition coefficient (Wildman–Crippen LogP) is 3.61. The van der Waals surface area contributed by atoms with E-state index in [1.807, 2.05) is 20.8 Å². The van der Waals surface area contributed by atoms with E-state index in [-0.39, 0.29) is 12.0 Å². The highest BCUT2D eigenvalue weighted by atomic mass is 16.6. The fraction of sp³-hybridized carbons (Fsp3) is 0.611. The van der Waals surface area contributed by atoms with E-state index in [1.165, 1.54) is 16.7 Å². The van der Waals surface area contributed by atoms with Crippen LogP contribution in [-0.4, -0.2) is 29.1 Å². The van der Waals surface area contributed by atoms with E-state index in [2.05, 4.69) is 36.9 Å². The summed E-state index contributed by atoms with van der Waals surface area (Å²) >= 11 is 0. The summed E-state index contributed by atoms with van der Waals surface area (Å²) < 4.78 is 5.56. The van der Waals surface area contributed by atoms with E-state index in [0.717, 1.165) is 25.9 Å². The maximum atomic E-state index is 12.3. The van der Waals surface area contributed by atoms with Gasteiger partial charge in [0, 0.05) is 6.54 Å². The first-order valence-electron chi connectivity index (χ1n) is 7.79. The van der Waals surface area contributed by atoms with Crippen molar-refractivity contribution in [1.82, 2.24) is 4.90 Å². The average Bonchev–Trinajstić information content (AvgIpc) is 2.80. The quantitative estimate of drug-likeness (QED) is 0.796. The van der Waals surface area contributed by atoms with Crippen LogP contribution in [-0.2, 0) is 16.1 Å². The van der Waals surface area contributed by atoms with Crippen molar-refractivity contribution in [1.29, 1.82) is 0 Å². The second kappa shape index (κ2) is 6.18. The number of aryl methyl sites for hydroxylation is 2. The molecule has 1 aliphatic rings. The standard InChI is InChI=1S/C18H27NO2/c1-13-8-9-14(2)15(11-13)12-19-10-6-7-16(19)17(20)21-18(3,4)5/h8-9,11,16H,6-7,10,12H2,1-5H3/t16-/m1/s1. The molecule has 3 nitrogen and oxygen atoms in total. The zero-order valence-corrected chi connectivity index (χ0v) is 13.9. The fourth-order valence-electron chi connectivity index (χ4n) is 2.84. The maximum Gasteiger partial charge on any atom is 0.323 e. The van der Waals surface area contributed by atoms with Gasteiger partial charge in [-0.3, -0.25) is 9.69 Å². The van der Waals surface area contributed by atoms with Crippen molar-refractivity contribution in [2.75, 3.05) is 6.54 Å². The van der Waals surface area contributed by atoms with E-state index < -0.39 is 5.60 Å². The lowest BCUT2D eigenvalue weighted by atomic mass is 10.0. The van der Waals surface area contributed by atoms with Crippen LogP contribution in [0.5, 0.6) is 0 Å². The Balaban J connectivity index is 2.08. The van der Waals surface area contributed by atoms with Gasteiger partial charge in [-0.25, -0.2) is 0 Å². The van der Waals surface area contributed by atoms with Gasteiger partial charge in [-0.1, -0.05) is 23.8 Å². The summed E-state index contributed by atoms with van der Waals surface area (Å²) in [7, 11) is 0. The van der Waals surface area contributed by atoms with E-state index >= 15 is 0 Å². The molecule has 1 fully saturated rings. The molecule has 1 aromatic rings. The Hall–Kier alpha value is -1.35. The number of rotatable bonds is 3. The topological polar surface area (TPSA) is 29.5 Å². The number of benzene rings is 1. The third-order valence-electron chi connectivity index (χ3n) is 3.92. The van der Waals surface area contributed by atoms with Crippen LogP contribution < -0.4 is 0 Å². The number of likely N-dealkylation sites (tertiary alicyclic amines) is 1. The molecule has 2 rings (SSSR count). The summed E-state index contributed by atoms with van der Waals surface area (Å²) in [5, 5.41) is 0. The number of ether oxygens (including phenoxy) is 1. The maximum absolute atomic E-state index is 12.3. The molecule has 0 radical (unpaired) electrons. The Kier molecular flexibility index (Phi) is 4.72. The van der Waals surface area contributed by atoms with Crippen molar-refractivity contribution in [2.45, 2.75) is 65.6 Å². The molecule has 0 unspecified atom stereocenters. The van der Waals surface area contributed by atoms with Crippen LogP contribution >= 0.6 is 0 Å². The third-order valence-corrected chi connectivity index (χ3v) is 3.92. The van der Waals surface area contributed by atoms with Gasteiger partial charge in [-0.15, -0.1) is 0 Å². The summed E-state index contributed by atoms with van der Waals surface area (Å²) in [6.07, 6.45) is 1.97. The highest BCUT2D eigenvalue weighted by Gasteiger charge is 2.34. The normalized spacial score (nSPS) is 19.8. The van der Waals surface area contributed by atoms with Gasteiger partial charge in [0.25, 0.3) is 0 Å². The molecule has 1 aromatic carbocycles. The minimum absolute atomic E-state index is 0.0784. The van der Waals surface area contributed by atoms with Crippen LogP contribution in [0.15, 0.2) is 18.2 Å². The van der Waals surface area contributed by atoms with Gasteiger partial charge < -0.3 is 4.74 Å². The Morgan fingerprint density at radius 1 is 1.33 bits per heavy atom. The van der Waals surface area contributed by atoms with Crippen LogP contribution in [0.3, 0.4) is 0 Å². The van der Waals surface area contributed by atoms with Crippen LogP contribution in [0.2, 0.25) is 0 Å². The van der Waals surface area contributed by atoms with Gasteiger partial charge in [0.1, 0.15) is 11.6 Å². The highest BCUT2D eigenvalue weighted by molar-refractivity contribution is 5.76. The van der Waals surface area contributed by atoms with Crippen molar-refractivity contribution < 1.29 is 9.53 Å². The van der Waals surface area contributed by atoms with Gasteiger partial charge in [-0.2, -0.15) is 0 Å². The van der Waals surface area contributed by atoms with Crippen LogP contribution in [0.1, 0.15) is 50.3 Å². The van der Waals surface area contributed by atoms with E-state index in [1.54, 1.807) is 0 Å². The highest BCUT2D eigenvalue weighted by Crippen LogP contribution is 2.24. The largest absolute Gasteiger partial charge is 0.459 e. The monoisotopic (exact) mass is 289 g/mol. The molecule has 0 aliphatic carbocycles. The van der Waals surface area contributed by atoms with E-state index in [0.29, 0.717) is 0 Å². The molecule has 1 atom stereocenters. The zero-order valence-electron chi connectivity index (χ0n) is 13.9. The number of esters is 1. The minimum Gasteiger partial charge on any atom is -0.459 e. The first kappa shape index (κ1) is 16.0. The molecule has 0 amide bonds. The molecule has 0 aromatic heterocycles. The van der Waals surface area contributed by atoms with Gasteiger partial charge in [-0.05, 0) is 65.1 Å². The van der Waals surface area contributed by atoms with Crippen molar-refractivity contribution in [3.63, 3.8) is 0 Å². The third kappa shape index (κ3) is 4.31. The lowest BCUT2D eigenvalue weighted by molar-refractivity contribution is -0.160. The summed E-state index contributed by atoms with van der Waals surface area (Å²) in [6.45, 7) is 11.8. The second-order valence-electron chi connectivity index (χ2n) is 7.09. The lowest BCUT2D eigenvalue weighted by Gasteiger charge is -2.27. The van der Waals surface area contributed by atoms with E-state index in [4.69, 9.17) is 4.74 Å². The molecular weight excluding hydrogens is 262 g/mol. The zero-order chi connectivity index (χ0) is 15.6. The molecule has 3 heteroatoms. The summed E-state index contributed by atoms with van der Waals surface area (Å²) in [5.74, 6) is -0.0784. The molecule has 0 spiro atoms. The number of carbonyl (C=O) groups excluding carboxylic acids is 1. The molecular formula is C18H27NO2. The van der Waals surface area contributed by atoms with Crippen LogP contribution in [0.4, 0.5) is 0 Å². The SMILES string of the molecule is Cc1ccc(C)c(CN2CCC[C@@H]2C(=O)OC(C)(C)C)c1. The van der Waals surface area contributed by atoms with Gasteiger partial charge >= 0.3 is 5.97 Å². The Labute approximate surface area is 128 Å². The molecule has 1 saturated heterocycles. The van der Waals surface area contributed by atoms with Crippen molar-refractivity contribution in [2.24, 2.45) is 0 Å².